The molecule has 0 fully saturated rings. The first-order chi connectivity index (χ1) is 15.4. The van der Waals surface area contributed by atoms with Gasteiger partial charge in [-0.05, 0) is 30.2 Å². The fourth-order valence-corrected chi connectivity index (χ4v) is 3.22. The molecule has 2 aromatic carbocycles. The topological polar surface area (TPSA) is 86.6 Å². The van der Waals surface area contributed by atoms with Gasteiger partial charge in [0.2, 0.25) is 0 Å². The molecule has 0 unspecified atom stereocenters. The van der Waals surface area contributed by atoms with Crippen molar-refractivity contribution in [2.45, 2.75) is 20.4 Å². The molecule has 1 N–H and O–H groups in total. The molecule has 3 rings (SSSR count). The van der Waals surface area contributed by atoms with Crippen LogP contribution >= 0.6 is 0 Å². The molecule has 166 valence electrons. The molecule has 0 saturated carbocycles. The van der Waals surface area contributed by atoms with Gasteiger partial charge in [0.05, 0.1) is 12.3 Å². The van der Waals surface area contributed by atoms with Crippen LogP contribution in [0, 0.1) is 5.82 Å². The molecule has 1 heterocycles. The highest BCUT2D eigenvalue weighted by Crippen LogP contribution is 2.34. The van der Waals surface area contributed by atoms with E-state index in [1.807, 2.05) is 30.3 Å². The van der Waals surface area contributed by atoms with Crippen LogP contribution in [0.3, 0.4) is 0 Å². The fraction of sp³-hybridized carbons (Fsp3) is 0.208. The van der Waals surface area contributed by atoms with Crippen molar-refractivity contribution in [3.8, 4) is 11.1 Å². The predicted octanol–water partition coefficient (Wildman–Crippen LogP) is 4.02. The Morgan fingerprint density at radius 3 is 2.44 bits per heavy atom. The highest BCUT2D eigenvalue weighted by atomic mass is 19.1. The summed E-state index contributed by atoms with van der Waals surface area (Å²) in [4.78, 5) is 36.4. The largest absolute Gasteiger partial charge is 0.461 e. The number of anilines is 1. The van der Waals surface area contributed by atoms with Gasteiger partial charge < -0.3 is 19.4 Å². The fourth-order valence-electron chi connectivity index (χ4n) is 3.22. The second-order valence-electron chi connectivity index (χ2n) is 6.94. The quantitative estimate of drug-likeness (QED) is 0.537. The van der Waals surface area contributed by atoms with E-state index in [1.165, 1.54) is 25.1 Å². The Balaban J connectivity index is 2.12. The summed E-state index contributed by atoms with van der Waals surface area (Å²) in [6.45, 7) is 2.79. The summed E-state index contributed by atoms with van der Waals surface area (Å²) in [6, 6.07) is 15.2. The van der Waals surface area contributed by atoms with Crippen molar-refractivity contribution >= 4 is 23.5 Å². The van der Waals surface area contributed by atoms with Crippen LogP contribution in [-0.2, 0) is 25.6 Å². The summed E-state index contributed by atoms with van der Waals surface area (Å²) in [5, 5.41) is 2.64. The molecule has 1 aromatic heterocycles. The smallest absolute Gasteiger partial charge is 0.357 e. The van der Waals surface area contributed by atoms with E-state index in [2.05, 4.69) is 5.32 Å². The van der Waals surface area contributed by atoms with E-state index in [9.17, 15) is 18.8 Å². The molecule has 8 heteroatoms. The third kappa shape index (κ3) is 5.60. The second-order valence-corrected chi connectivity index (χ2v) is 6.94. The molecule has 0 spiro atoms. The van der Waals surface area contributed by atoms with E-state index < -0.39 is 30.3 Å². The average Bonchev–Trinajstić information content (AvgIpc) is 3.10. The van der Waals surface area contributed by atoms with Crippen molar-refractivity contribution in [3.05, 3.63) is 77.9 Å². The maximum absolute atomic E-state index is 13.9. The van der Waals surface area contributed by atoms with E-state index >= 15 is 0 Å². The van der Waals surface area contributed by atoms with E-state index in [0.717, 1.165) is 5.56 Å². The summed E-state index contributed by atoms with van der Waals surface area (Å²) in [5.74, 6) is -2.36. The summed E-state index contributed by atoms with van der Waals surface area (Å²) in [5.41, 5.74) is 2.06. The van der Waals surface area contributed by atoms with Crippen LogP contribution in [0.5, 0.6) is 0 Å². The van der Waals surface area contributed by atoms with E-state index in [4.69, 9.17) is 9.47 Å². The van der Waals surface area contributed by atoms with Gasteiger partial charge in [-0.2, -0.15) is 0 Å². The Labute approximate surface area is 184 Å². The Morgan fingerprint density at radius 1 is 1.03 bits per heavy atom. The molecule has 3 aromatic rings. The number of hydrogen-bond acceptors (Lipinski definition) is 5. The van der Waals surface area contributed by atoms with Gasteiger partial charge in [-0.25, -0.2) is 9.18 Å². The zero-order chi connectivity index (χ0) is 23.1. The number of nitrogens with zero attached hydrogens (tertiary/aromatic N) is 1. The number of esters is 2. The third-order valence-electron chi connectivity index (χ3n) is 4.55. The minimum absolute atomic E-state index is 0.103. The van der Waals surface area contributed by atoms with E-state index in [0.29, 0.717) is 17.7 Å². The zero-order valence-corrected chi connectivity index (χ0v) is 17.8. The molecule has 0 saturated heterocycles. The van der Waals surface area contributed by atoms with Gasteiger partial charge in [-0.15, -0.1) is 0 Å². The number of hydrogen-bond donors (Lipinski definition) is 1. The number of carbonyl (C=O) groups excluding carboxylic acids is 3. The van der Waals surface area contributed by atoms with Crippen molar-refractivity contribution in [1.82, 2.24) is 4.57 Å². The first kappa shape index (κ1) is 22.7. The Bertz CT molecular complexity index is 1120. The predicted molar refractivity (Wildman–Crippen MR) is 117 cm³/mol. The standard InChI is InChI=1S/C24H23FN2O5/c1-3-31-24(30)23-22(26-21(29)15-32-16(2)28)20(18-10-7-11-19(25)12-18)14-27(23)13-17-8-5-4-6-9-17/h4-12,14H,3,13,15H2,1-2H3,(H,26,29). The Morgan fingerprint density at radius 2 is 1.78 bits per heavy atom. The lowest BCUT2D eigenvalue weighted by Crippen LogP contribution is -2.22. The van der Waals surface area contributed by atoms with Crippen molar-refractivity contribution in [3.63, 3.8) is 0 Å². The van der Waals surface area contributed by atoms with Gasteiger partial charge in [0, 0.05) is 25.2 Å². The van der Waals surface area contributed by atoms with Crippen LogP contribution in [0.25, 0.3) is 11.1 Å². The summed E-state index contributed by atoms with van der Waals surface area (Å²) >= 11 is 0. The molecule has 7 nitrogen and oxygen atoms in total. The van der Waals surface area contributed by atoms with E-state index in [1.54, 1.807) is 23.8 Å². The first-order valence-corrected chi connectivity index (χ1v) is 10.0. The average molecular weight is 438 g/mol. The summed E-state index contributed by atoms with van der Waals surface area (Å²) in [7, 11) is 0. The molecule has 0 aliphatic heterocycles. The molecular formula is C24H23FN2O5. The van der Waals surface area contributed by atoms with Gasteiger partial charge in [-0.3, -0.25) is 9.59 Å². The molecule has 32 heavy (non-hydrogen) atoms. The van der Waals surface area contributed by atoms with Crippen LogP contribution < -0.4 is 5.32 Å². The van der Waals surface area contributed by atoms with Crippen LogP contribution in [0.4, 0.5) is 10.1 Å². The van der Waals surface area contributed by atoms with Crippen LogP contribution in [0.1, 0.15) is 29.9 Å². The lowest BCUT2D eigenvalue weighted by molar-refractivity contribution is -0.144. The SMILES string of the molecule is CCOC(=O)c1c(NC(=O)COC(C)=O)c(-c2cccc(F)c2)cn1Cc1ccccc1. The number of halogens is 1. The minimum Gasteiger partial charge on any atom is -0.461 e. The van der Waals surface area contributed by atoms with Gasteiger partial charge in [0.1, 0.15) is 5.82 Å². The maximum Gasteiger partial charge on any atom is 0.357 e. The maximum atomic E-state index is 13.9. The van der Waals surface area contributed by atoms with Crippen molar-refractivity contribution in [2.75, 3.05) is 18.5 Å². The number of rotatable bonds is 8. The number of nitrogens with one attached hydrogen (secondary N) is 1. The van der Waals surface area contributed by atoms with Crippen LogP contribution in [0.2, 0.25) is 0 Å². The highest BCUT2D eigenvalue weighted by Gasteiger charge is 2.26. The number of ether oxygens (including phenoxy) is 2. The van der Waals surface area contributed by atoms with Crippen LogP contribution in [0.15, 0.2) is 60.8 Å². The van der Waals surface area contributed by atoms with Crippen LogP contribution in [-0.4, -0.2) is 35.6 Å². The molecule has 1 amide bonds. The Kier molecular flexibility index (Phi) is 7.38. The van der Waals surface area contributed by atoms with Crippen molar-refractivity contribution in [1.29, 1.82) is 0 Å². The molecule has 0 atom stereocenters. The number of benzene rings is 2. The zero-order valence-electron chi connectivity index (χ0n) is 17.8. The van der Waals surface area contributed by atoms with Gasteiger partial charge in [0.25, 0.3) is 5.91 Å². The van der Waals surface area contributed by atoms with Gasteiger partial charge >= 0.3 is 11.9 Å². The highest BCUT2D eigenvalue weighted by molar-refractivity contribution is 6.06. The van der Waals surface area contributed by atoms with E-state index in [-0.39, 0.29) is 18.0 Å². The molecule has 0 aliphatic carbocycles. The Hall–Kier alpha value is -3.94. The first-order valence-electron chi connectivity index (χ1n) is 10.0. The number of carbonyl (C=O) groups is 3. The van der Waals surface area contributed by atoms with Gasteiger partial charge in [-0.1, -0.05) is 42.5 Å². The van der Waals surface area contributed by atoms with Crippen molar-refractivity contribution < 1.29 is 28.2 Å². The normalized spacial score (nSPS) is 10.5. The molecule has 0 aliphatic rings. The monoisotopic (exact) mass is 438 g/mol. The van der Waals surface area contributed by atoms with Crippen molar-refractivity contribution in [2.24, 2.45) is 0 Å². The molecule has 0 radical (unpaired) electrons. The van der Waals surface area contributed by atoms with Gasteiger partial charge in [0.15, 0.2) is 12.3 Å². The number of amides is 1. The summed E-state index contributed by atoms with van der Waals surface area (Å²) in [6.07, 6.45) is 1.66. The summed E-state index contributed by atoms with van der Waals surface area (Å²) < 4.78 is 25.6. The lowest BCUT2D eigenvalue weighted by Gasteiger charge is -2.12. The second kappa shape index (κ2) is 10.4. The minimum atomic E-state index is -0.645. The third-order valence-corrected chi connectivity index (χ3v) is 4.55. The lowest BCUT2D eigenvalue weighted by atomic mass is 10.1. The molecule has 0 bridgehead atoms. The number of aromatic nitrogens is 1. The molecular weight excluding hydrogens is 415 g/mol.